The van der Waals surface area contributed by atoms with Gasteiger partial charge in [-0.05, 0) is 76.5 Å². The van der Waals surface area contributed by atoms with E-state index in [4.69, 9.17) is 29.4 Å². The van der Waals surface area contributed by atoms with Crippen LogP contribution in [0, 0.1) is 0 Å². The molecule has 1 saturated carbocycles. The molecule has 2 rings (SSSR count). The predicted octanol–water partition coefficient (Wildman–Crippen LogP) is 4.77. The lowest BCUT2D eigenvalue weighted by molar-refractivity contribution is -0.156. The lowest BCUT2D eigenvalue weighted by atomic mass is 9.98. The number of ether oxygens (including phenoxy) is 5. The molecule has 0 spiro atoms. The molecule has 3 atom stereocenters. The van der Waals surface area contributed by atoms with Gasteiger partial charge in [-0.1, -0.05) is 26.3 Å². The normalized spacial score (nSPS) is 16.0. The van der Waals surface area contributed by atoms with Crippen LogP contribution in [0.15, 0.2) is 18.2 Å². The van der Waals surface area contributed by atoms with Crippen LogP contribution in [-0.2, 0) is 35.0 Å². The Kier molecular flexibility index (Phi) is 13.1. The molecule has 1 aliphatic rings. The summed E-state index contributed by atoms with van der Waals surface area (Å²) in [5.41, 5.74) is 6.66. The molecule has 212 valence electrons. The number of nitrogens with two attached hydrogens (primary N) is 1. The Bertz CT molecular complexity index is 942. The van der Waals surface area contributed by atoms with E-state index in [1.54, 1.807) is 19.9 Å². The summed E-state index contributed by atoms with van der Waals surface area (Å²) in [6.45, 7) is 6.91. The van der Waals surface area contributed by atoms with Gasteiger partial charge in [0.25, 0.3) is 0 Å². The molecule has 1 unspecified atom stereocenters. The number of hydrogen-bond donors (Lipinski definition) is 1. The summed E-state index contributed by atoms with van der Waals surface area (Å²) in [6, 6.07) is 3.62. The third kappa shape index (κ3) is 10.7. The molecule has 0 amide bonds. The molecular weight excluding hydrogens is 494 g/mol. The number of hydrogen-bond acceptors (Lipinski definition) is 10. The van der Waals surface area contributed by atoms with E-state index >= 15 is 0 Å². The summed E-state index contributed by atoms with van der Waals surface area (Å²) in [5.74, 6) is -1.39. The molecule has 1 aliphatic carbocycles. The lowest BCUT2D eigenvalue weighted by Gasteiger charge is -2.25. The number of carbonyl (C=O) groups is 4. The molecule has 0 saturated heterocycles. The standard InChI is InChI=1S/C28H41NO9/c1-5-10-25(30)37-23-15-14-20(17-24(23)38-26(31)11-6-2)16-22(29)27(32)34-18(3)19(4)35-28(33)36-21-12-8-7-9-13-21/h14-15,17-19,21-22H,5-13,16,29H2,1-4H3/t18-,19?,22-/m0/s1. The van der Waals surface area contributed by atoms with Crippen molar-refractivity contribution in [3.63, 3.8) is 0 Å². The number of benzene rings is 1. The Hall–Kier alpha value is -3.14. The van der Waals surface area contributed by atoms with Gasteiger partial charge in [0.2, 0.25) is 0 Å². The monoisotopic (exact) mass is 535 g/mol. The van der Waals surface area contributed by atoms with Crippen LogP contribution in [0.4, 0.5) is 4.79 Å². The minimum absolute atomic E-state index is 0.0754. The van der Waals surface area contributed by atoms with E-state index in [-0.39, 0.29) is 36.9 Å². The molecule has 0 heterocycles. The number of rotatable bonds is 13. The van der Waals surface area contributed by atoms with Crippen LogP contribution in [0.2, 0.25) is 0 Å². The van der Waals surface area contributed by atoms with E-state index in [1.807, 2.05) is 13.8 Å². The lowest BCUT2D eigenvalue weighted by Crippen LogP contribution is -2.39. The summed E-state index contributed by atoms with van der Waals surface area (Å²) in [5, 5.41) is 0. The van der Waals surface area contributed by atoms with Gasteiger partial charge in [0.05, 0.1) is 0 Å². The molecule has 1 fully saturated rings. The van der Waals surface area contributed by atoms with E-state index < -0.39 is 42.3 Å². The fourth-order valence-electron chi connectivity index (χ4n) is 3.90. The van der Waals surface area contributed by atoms with Gasteiger partial charge >= 0.3 is 24.1 Å². The van der Waals surface area contributed by atoms with Crippen LogP contribution in [0.5, 0.6) is 11.5 Å². The summed E-state index contributed by atoms with van der Waals surface area (Å²) in [7, 11) is 0. The molecule has 1 aromatic carbocycles. The SMILES string of the molecule is CCCC(=O)Oc1ccc(C[C@H](N)C(=O)O[C@@H](C)C(C)OC(=O)OC2CCCCC2)cc1OC(=O)CCC. The van der Waals surface area contributed by atoms with Crippen molar-refractivity contribution in [2.75, 3.05) is 0 Å². The highest BCUT2D eigenvalue weighted by Gasteiger charge is 2.27. The van der Waals surface area contributed by atoms with Gasteiger partial charge in [0, 0.05) is 12.8 Å². The van der Waals surface area contributed by atoms with Crippen LogP contribution in [0.3, 0.4) is 0 Å². The zero-order valence-corrected chi connectivity index (χ0v) is 22.9. The molecule has 38 heavy (non-hydrogen) atoms. The van der Waals surface area contributed by atoms with Crippen molar-refractivity contribution in [1.29, 1.82) is 0 Å². The second-order valence-corrected chi connectivity index (χ2v) is 9.63. The first-order chi connectivity index (χ1) is 18.1. The van der Waals surface area contributed by atoms with Gasteiger partial charge in [-0.2, -0.15) is 0 Å². The van der Waals surface area contributed by atoms with E-state index in [9.17, 15) is 19.2 Å². The van der Waals surface area contributed by atoms with Gasteiger partial charge < -0.3 is 29.4 Å². The van der Waals surface area contributed by atoms with E-state index in [0.717, 1.165) is 32.1 Å². The first-order valence-electron chi connectivity index (χ1n) is 13.5. The Morgan fingerprint density at radius 2 is 1.45 bits per heavy atom. The summed E-state index contributed by atoms with van der Waals surface area (Å²) < 4.78 is 26.8. The maximum absolute atomic E-state index is 12.6. The topological polar surface area (TPSA) is 140 Å². The van der Waals surface area contributed by atoms with Crippen molar-refractivity contribution in [2.45, 2.75) is 116 Å². The van der Waals surface area contributed by atoms with Crippen molar-refractivity contribution in [1.82, 2.24) is 0 Å². The molecular formula is C28H41NO9. The highest BCUT2D eigenvalue weighted by molar-refractivity contribution is 5.77. The fourth-order valence-corrected chi connectivity index (χ4v) is 3.90. The van der Waals surface area contributed by atoms with Crippen molar-refractivity contribution in [2.24, 2.45) is 5.73 Å². The Morgan fingerprint density at radius 3 is 2.05 bits per heavy atom. The van der Waals surface area contributed by atoms with Crippen LogP contribution >= 0.6 is 0 Å². The van der Waals surface area contributed by atoms with Crippen LogP contribution in [-0.4, -0.2) is 48.4 Å². The average molecular weight is 536 g/mol. The molecule has 0 bridgehead atoms. The molecule has 0 aliphatic heterocycles. The second-order valence-electron chi connectivity index (χ2n) is 9.63. The zero-order valence-electron chi connectivity index (χ0n) is 22.9. The minimum atomic E-state index is -1.04. The zero-order chi connectivity index (χ0) is 28.1. The summed E-state index contributed by atoms with van der Waals surface area (Å²) >= 11 is 0. The smallest absolute Gasteiger partial charge is 0.458 e. The average Bonchev–Trinajstić information content (AvgIpc) is 2.86. The first kappa shape index (κ1) is 31.1. The molecule has 10 heteroatoms. The van der Waals surface area contributed by atoms with Gasteiger partial charge in [-0.15, -0.1) is 0 Å². The van der Waals surface area contributed by atoms with Gasteiger partial charge in [-0.3, -0.25) is 14.4 Å². The largest absolute Gasteiger partial charge is 0.508 e. The fraction of sp³-hybridized carbons (Fsp3) is 0.643. The van der Waals surface area contributed by atoms with Gasteiger partial charge in [-0.25, -0.2) is 4.79 Å². The Labute approximate surface area is 224 Å². The van der Waals surface area contributed by atoms with Crippen LogP contribution < -0.4 is 15.2 Å². The summed E-state index contributed by atoms with van der Waals surface area (Å²) in [6.07, 6.45) is 4.14. The van der Waals surface area contributed by atoms with Crippen LogP contribution in [0.1, 0.15) is 91.0 Å². The highest BCUT2D eigenvalue weighted by atomic mass is 16.7. The third-order valence-electron chi connectivity index (χ3n) is 6.18. The van der Waals surface area contributed by atoms with Gasteiger partial charge in [0.15, 0.2) is 11.5 Å². The van der Waals surface area contributed by atoms with E-state index in [0.29, 0.717) is 18.4 Å². The Morgan fingerprint density at radius 1 is 0.868 bits per heavy atom. The van der Waals surface area contributed by atoms with Crippen molar-refractivity contribution in [3.8, 4) is 11.5 Å². The highest BCUT2D eigenvalue weighted by Crippen LogP contribution is 2.30. The predicted molar refractivity (Wildman–Crippen MR) is 139 cm³/mol. The van der Waals surface area contributed by atoms with Crippen LogP contribution in [0.25, 0.3) is 0 Å². The molecule has 0 radical (unpaired) electrons. The van der Waals surface area contributed by atoms with Crippen molar-refractivity contribution in [3.05, 3.63) is 23.8 Å². The Balaban J connectivity index is 1.95. The summed E-state index contributed by atoms with van der Waals surface area (Å²) in [4.78, 5) is 48.8. The maximum atomic E-state index is 12.6. The number of esters is 3. The quantitative estimate of drug-likeness (QED) is 0.277. The van der Waals surface area contributed by atoms with E-state index in [1.165, 1.54) is 12.1 Å². The molecule has 10 nitrogen and oxygen atoms in total. The minimum Gasteiger partial charge on any atom is -0.458 e. The molecule has 1 aromatic rings. The second kappa shape index (κ2) is 16.0. The molecule has 0 aromatic heterocycles. The number of carbonyl (C=O) groups excluding carboxylic acids is 4. The van der Waals surface area contributed by atoms with E-state index in [2.05, 4.69) is 0 Å². The van der Waals surface area contributed by atoms with Crippen molar-refractivity contribution < 1.29 is 42.9 Å². The van der Waals surface area contributed by atoms with Gasteiger partial charge in [0.1, 0.15) is 24.4 Å². The third-order valence-corrected chi connectivity index (χ3v) is 6.18. The molecule has 2 N–H and O–H groups in total. The maximum Gasteiger partial charge on any atom is 0.508 e. The first-order valence-corrected chi connectivity index (χ1v) is 13.5. The van der Waals surface area contributed by atoms with Crippen molar-refractivity contribution >= 4 is 24.1 Å².